The number of nitrogens with one attached hydrogen (secondary N) is 3. The molecule has 0 aliphatic rings. The van der Waals surface area contributed by atoms with Crippen molar-refractivity contribution >= 4 is 35.6 Å². The van der Waals surface area contributed by atoms with Gasteiger partial charge in [-0.15, -0.1) is 0 Å². The highest BCUT2D eigenvalue weighted by Gasteiger charge is 2.32. The van der Waals surface area contributed by atoms with Gasteiger partial charge in [0.1, 0.15) is 18.1 Å². The van der Waals surface area contributed by atoms with Gasteiger partial charge < -0.3 is 43.4 Å². The summed E-state index contributed by atoms with van der Waals surface area (Å²) in [6, 6.07) is -4.52. The average molecular weight is 502 g/mol. The van der Waals surface area contributed by atoms with Crippen molar-refractivity contribution in [3.63, 3.8) is 0 Å². The van der Waals surface area contributed by atoms with Crippen LogP contribution in [0.4, 0.5) is 0 Å². The van der Waals surface area contributed by atoms with Crippen LogP contribution in [0.1, 0.15) is 53.4 Å². The van der Waals surface area contributed by atoms with Gasteiger partial charge in [-0.1, -0.05) is 27.7 Å². The van der Waals surface area contributed by atoms with E-state index in [9.17, 15) is 29.1 Å². The molecule has 14 nitrogen and oxygen atoms in total. The largest absolute Gasteiger partial charge is 0.481 e. The minimum Gasteiger partial charge on any atom is -0.481 e. The first kappa shape index (κ1) is 31.6. The number of nitrogens with zero attached hydrogens (tertiary/aromatic N) is 1. The van der Waals surface area contributed by atoms with Crippen molar-refractivity contribution in [3.05, 3.63) is 0 Å². The van der Waals surface area contributed by atoms with Crippen LogP contribution in [0.15, 0.2) is 4.99 Å². The van der Waals surface area contributed by atoms with Crippen LogP contribution in [0.25, 0.3) is 0 Å². The lowest BCUT2D eigenvalue weighted by atomic mass is 9.99. The molecule has 0 aliphatic heterocycles. The Balaban J connectivity index is 5.59. The molecule has 0 aliphatic carbocycles. The zero-order valence-corrected chi connectivity index (χ0v) is 20.6. The van der Waals surface area contributed by atoms with Gasteiger partial charge in [0.15, 0.2) is 5.96 Å². The molecule has 0 rings (SSSR count). The molecule has 4 unspecified atom stereocenters. The Hall–Kier alpha value is -3.42. The van der Waals surface area contributed by atoms with Crippen molar-refractivity contribution in [2.24, 2.45) is 34.0 Å². The molecule has 0 aromatic heterocycles. The van der Waals surface area contributed by atoms with E-state index in [4.69, 9.17) is 22.3 Å². The number of carbonyl (C=O) groups excluding carboxylic acids is 3. The Labute approximate surface area is 204 Å². The SMILES string of the molecule is CC(C)C(N)C(=O)NC(C(=O)NC(CCCN=C(N)N)C(=O)NC(CCC(=O)O)C(=O)O)C(C)C. The van der Waals surface area contributed by atoms with Crippen LogP contribution in [0.5, 0.6) is 0 Å². The predicted molar refractivity (Wildman–Crippen MR) is 128 cm³/mol. The molecule has 200 valence electrons. The van der Waals surface area contributed by atoms with Crippen molar-refractivity contribution in [1.82, 2.24) is 16.0 Å². The second-order valence-corrected chi connectivity index (χ2v) is 8.84. The number of carbonyl (C=O) groups is 5. The van der Waals surface area contributed by atoms with Gasteiger partial charge >= 0.3 is 11.9 Å². The van der Waals surface area contributed by atoms with E-state index in [2.05, 4.69) is 20.9 Å². The lowest BCUT2D eigenvalue weighted by molar-refractivity contribution is -0.143. The Kier molecular flexibility index (Phi) is 14.0. The molecule has 0 heterocycles. The summed E-state index contributed by atoms with van der Waals surface area (Å²) >= 11 is 0. The number of carboxylic acids is 2. The van der Waals surface area contributed by atoms with Crippen LogP contribution >= 0.6 is 0 Å². The number of amides is 3. The molecular formula is C21H39N7O7. The molecule has 35 heavy (non-hydrogen) atoms. The van der Waals surface area contributed by atoms with Crippen molar-refractivity contribution in [2.45, 2.75) is 77.5 Å². The van der Waals surface area contributed by atoms with Crippen LogP contribution in [0.2, 0.25) is 0 Å². The average Bonchev–Trinajstić information content (AvgIpc) is 2.74. The van der Waals surface area contributed by atoms with E-state index >= 15 is 0 Å². The van der Waals surface area contributed by atoms with Gasteiger partial charge in [-0.25, -0.2) is 4.79 Å². The predicted octanol–water partition coefficient (Wildman–Crippen LogP) is -1.92. The summed E-state index contributed by atoms with van der Waals surface area (Å²) in [4.78, 5) is 64.3. The summed E-state index contributed by atoms with van der Waals surface area (Å²) in [6.45, 7) is 7.07. The maximum Gasteiger partial charge on any atom is 0.326 e. The first-order valence-corrected chi connectivity index (χ1v) is 11.3. The molecule has 0 radical (unpaired) electrons. The maximum atomic E-state index is 13.0. The molecule has 0 saturated carbocycles. The lowest BCUT2D eigenvalue weighted by Gasteiger charge is -2.27. The fourth-order valence-electron chi connectivity index (χ4n) is 2.92. The third-order valence-corrected chi connectivity index (χ3v) is 5.11. The van der Waals surface area contributed by atoms with Crippen molar-refractivity contribution in [2.75, 3.05) is 6.54 Å². The van der Waals surface area contributed by atoms with Crippen LogP contribution in [-0.4, -0.2) is 76.5 Å². The van der Waals surface area contributed by atoms with Gasteiger partial charge in [0.25, 0.3) is 0 Å². The van der Waals surface area contributed by atoms with Crippen LogP contribution in [0, 0.1) is 11.8 Å². The molecule has 4 atom stereocenters. The summed E-state index contributed by atoms with van der Waals surface area (Å²) in [5.74, 6) is -5.33. The van der Waals surface area contributed by atoms with Gasteiger partial charge in [0, 0.05) is 13.0 Å². The Morgan fingerprint density at radius 3 is 1.83 bits per heavy atom. The smallest absolute Gasteiger partial charge is 0.326 e. The van der Waals surface area contributed by atoms with E-state index in [1.807, 2.05) is 0 Å². The van der Waals surface area contributed by atoms with Crippen LogP contribution < -0.4 is 33.2 Å². The van der Waals surface area contributed by atoms with Gasteiger partial charge in [0.05, 0.1) is 6.04 Å². The highest BCUT2D eigenvalue weighted by Crippen LogP contribution is 2.08. The number of hydrogen-bond acceptors (Lipinski definition) is 7. The van der Waals surface area contributed by atoms with E-state index < -0.39 is 60.2 Å². The maximum absolute atomic E-state index is 13.0. The molecule has 0 saturated heterocycles. The normalized spacial score (nSPS) is 14.4. The van der Waals surface area contributed by atoms with Crippen LogP contribution in [-0.2, 0) is 24.0 Å². The first-order chi connectivity index (χ1) is 16.2. The van der Waals surface area contributed by atoms with Gasteiger partial charge in [-0.05, 0) is 31.1 Å². The fourth-order valence-corrected chi connectivity index (χ4v) is 2.92. The van der Waals surface area contributed by atoms with E-state index in [1.165, 1.54) is 0 Å². The Bertz CT molecular complexity index is 782. The Morgan fingerprint density at radius 1 is 0.800 bits per heavy atom. The lowest BCUT2D eigenvalue weighted by Crippen LogP contribution is -2.58. The zero-order chi connectivity index (χ0) is 27.3. The molecule has 0 fully saturated rings. The molecule has 14 heteroatoms. The van der Waals surface area contributed by atoms with Crippen LogP contribution in [0.3, 0.4) is 0 Å². The number of carboxylic acid groups (broad SMARTS) is 2. The third-order valence-electron chi connectivity index (χ3n) is 5.11. The molecule has 0 aromatic rings. The van der Waals surface area contributed by atoms with Gasteiger partial charge in [0.2, 0.25) is 17.7 Å². The van der Waals surface area contributed by atoms with Gasteiger partial charge in [-0.2, -0.15) is 0 Å². The molecule has 0 spiro atoms. The molecule has 11 N–H and O–H groups in total. The molecule has 0 bridgehead atoms. The summed E-state index contributed by atoms with van der Waals surface area (Å²) in [5, 5.41) is 25.5. The Morgan fingerprint density at radius 2 is 1.37 bits per heavy atom. The third kappa shape index (κ3) is 12.6. The minimum atomic E-state index is -1.47. The van der Waals surface area contributed by atoms with E-state index in [0.29, 0.717) is 0 Å². The molecule has 3 amide bonds. The molecular weight excluding hydrogens is 462 g/mol. The monoisotopic (exact) mass is 501 g/mol. The van der Waals surface area contributed by atoms with Crippen molar-refractivity contribution in [3.8, 4) is 0 Å². The quantitative estimate of drug-likeness (QED) is 0.0661. The summed E-state index contributed by atoms with van der Waals surface area (Å²) in [5.41, 5.74) is 16.4. The second-order valence-electron chi connectivity index (χ2n) is 8.84. The zero-order valence-electron chi connectivity index (χ0n) is 20.6. The van der Waals surface area contributed by atoms with Gasteiger partial charge in [-0.3, -0.25) is 24.2 Å². The summed E-state index contributed by atoms with van der Waals surface area (Å²) in [7, 11) is 0. The highest BCUT2D eigenvalue weighted by atomic mass is 16.4. The number of rotatable bonds is 16. The standard InChI is InChI=1S/C21H39N7O7/c1-10(2)15(22)18(32)28-16(11(3)4)19(33)26-12(6-5-9-25-21(23)24)17(31)27-13(20(34)35)7-8-14(29)30/h10-13,15-16H,5-9,22H2,1-4H3,(H,26,33)(H,27,31)(H,28,32)(H,29,30)(H,34,35)(H4,23,24,25). The van der Waals surface area contributed by atoms with Crippen molar-refractivity contribution < 1.29 is 34.2 Å². The fraction of sp³-hybridized carbons (Fsp3) is 0.714. The summed E-state index contributed by atoms with van der Waals surface area (Å²) in [6.07, 6.45) is -0.511. The minimum absolute atomic E-state index is 0.0455. The topological polar surface area (TPSA) is 252 Å². The van der Waals surface area contributed by atoms with Crippen molar-refractivity contribution in [1.29, 1.82) is 0 Å². The number of guanidine groups is 1. The molecule has 0 aromatic carbocycles. The summed E-state index contributed by atoms with van der Waals surface area (Å²) < 4.78 is 0. The highest BCUT2D eigenvalue weighted by molar-refractivity contribution is 5.94. The number of hydrogen-bond donors (Lipinski definition) is 8. The van der Waals surface area contributed by atoms with E-state index in [1.54, 1.807) is 27.7 Å². The first-order valence-electron chi connectivity index (χ1n) is 11.3. The van der Waals surface area contributed by atoms with E-state index in [0.717, 1.165) is 0 Å². The number of nitrogens with two attached hydrogens (primary N) is 3. The second kappa shape index (κ2) is 15.5. The number of aliphatic imine (C=N–C) groups is 1. The number of aliphatic carboxylic acids is 2. The van der Waals surface area contributed by atoms with E-state index in [-0.39, 0.29) is 43.6 Å².